The summed E-state index contributed by atoms with van der Waals surface area (Å²) < 4.78 is 11.2. The molecule has 2 aliphatic heterocycles. The molecule has 3 heterocycles. The molecule has 2 atom stereocenters. The van der Waals surface area contributed by atoms with Crippen LogP contribution < -0.4 is 9.64 Å². The summed E-state index contributed by atoms with van der Waals surface area (Å²) in [6.07, 6.45) is 4.98. The van der Waals surface area contributed by atoms with E-state index in [1.54, 1.807) is 27.0 Å². The number of carbonyl (C=O) groups is 1. The van der Waals surface area contributed by atoms with Crippen molar-refractivity contribution in [3.05, 3.63) is 69.3 Å². The van der Waals surface area contributed by atoms with Crippen molar-refractivity contribution in [1.29, 1.82) is 0 Å². The second-order valence-corrected chi connectivity index (χ2v) is 9.88. The molecule has 1 N–H and O–H groups in total. The van der Waals surface area contributed by atoms with Gasteiger partial charge in [0.15, 0.2) is 0 Å². The second-order valence-electron chi connectivity index (χ2n) is 9.88. The molecule has 0 aliphatic carbocycles. The Labute approximate surface area is 222 Å². The van der Waals surface area contributed by atoms with Crippen LogP contribution in [-0.4, -0.2) is 72.5 Å². The van der Waals surface area contributed by atoms with E-state index >= 15 is 0 Å². The highest BCUT2D eigenvalue weighted by atomic mass is 16.6. The average molecular weight is 525 g/mol. The van der Waals surface area contributed by atoms with Crippen LogP contribution in [0.15, 0.2) is 57.3 Å². The van der Waals surface area contributed by atoms with Crippen LogP contribution in [-0.2, 0) is 11.2 Å². The van der Waals surface area contributed by atoms with Crippen molar-refractivity contribution in [2.24, 2.45) is 4.99 Å². The summed E-state index contributed by atoms with van der Waals surface area (Å²) in [5, 5.41) is 21.7. The van der Waals surface area contributed by atoms with Gasteiger partial charge in [-0.3, -0.25) is 20.0 Å². The minimum Gasteiger partial charge on any atom is -0.495 e. The van der Waals surface area contributed by atoms with E-state index in [0.29, 0.717) is 29.2 Å². The van der Waals surface area contributed by atoms with Crippen molar-refractivity contribution >= 4 is 17.4 Å². The summed E-state index contributed by atoms with van der Waals surface area (Å²) >= 11 is 0. The summed E-state index contributed by atoms with van der Waals surface area (Å²) in [7, 11) is 1.70. The third kappa shape index (κ3) is 5.91. The fraction of sp³-hybridized carbons (Fsp3) is 0.500. The van der Waals surface area contributed by atoms with Crippen LogP contribution in [0.4, 0.5) is 5.69 Å². The third-order valence-corrected chi connectivity index (χ3v) is 7.54. The van der Waals surface area contributed by atoms with E-state index in [0.717, 1.165) is 63.4 Å². The number of carboxylic acids is 1. The number of aliphatic carboxylic acids is 1. The molecular formula is C28H36N4O6. The Morgan fingerprint density at radius 3 is 2.58 bits per heavy atom. The van der Waals surface area contributed by atoms with E-state index in [2.05, 4.69) is 20.9 Å². The van der Waals surface area contributed by atoms with E-state index in [1.165, 1.54) is 6.26 Å². The number of methoxy groups -OCH3 is 1. The molecule has 1 fully saturated rings. The van der Waals surface area contributed by atoms with Crippen LogP contribution in [0.25, 0.3) is 0 Å². The number of hydrogen-bond donors (Lipinski definition) is 1. The Balaban J connectivity index is 1.29. The maximum absolute atomic E-state index is 12.0. The number of unbranched alkanes of at least 4 members (excludes halogenated alkanes) is 2. The fourth-order valence-electron chi connectivity index (χ4n) is 5.63. The first kappa shape index (κ1) is 27.4. The van der Waals surface area contributed by atoms with Gasteiger partial charge in [0.2, 0.25) is 0 Å². The van der Waals surface area contributed by atoms with E-state index in [1.807, 2.05) is 18.2 Å². The van der Waals surface area contributed by atoms with Gasteiger partial charge < -0.3 is 19.2 Å². The Morgan fingerprint density at radius 1 is 1.16 bits per heavy atom. The number of para-hydroxylation sites is 2. The molecule has 2 aromatic rings. The molecule has 4 rings (SSSR count). The number of aliphatic imine (C=N–C) groups is 1. The summed E-state index contributed by atoms with van der Waals surface area (Å²) in [5.41, 5.74) is 2.28. The van der Waals surface area contributed by atoms with Gasteiger partial charge in [-0.25, -0.2) is 4.79 Å². The van der Waals surface area contributed by atoms with Crippen molar-refractivity contribution in [3.8, 4) is 5.75 Å². The number of piperazine rings is 1. The van der Waals surface area contributed by atoms with Gasteiger partial charge in [-0.05, 0) is 51.4 Å². The Morgan fingerprint density at radius 2 is 1.89 bits per heavy atom. The Bertz CT molecular complexity index is 1210. The van der Waals surface area contributed by atoms with Crippen LogP contribution in [0, 0.1) is 10.1 Å². The van der Waals surface area contributed by atoms with Gasteiger partial charge in [-0.1, -0.05) is 18.6 Å². The molecule has 1 saturated heterocycles. The molecule has 0 bridgehead atoms. The molecule has 10 heteroatoms. The second kappa shape index (κ2) is 12.3. The first-order chi connectivity index (χ1) is 18.3. The van der Waals surface area contributed by atoms with Crippen LogP contribution in [0.5, 0.6) is 5.75 Å². The van der Waals surface area contributed by atoms with E-state index < -0.39 is 22.9 Å². The van der Waals surface area contributed by atoms with Crippen LogP contribution in [0.3, 0.4) is 0 Å². The molecule has 2 unspecified atom stereocenters. The zero-order chi connectivity index (χ0) is 27.2. The monoisotopic (exact) mass is 524 g/mol. The van der Waals surface area contributed by atoms with Crippen molar-refractivity contribution < 1.29 is 24.0 Å². The number of aryl methyl sites for hydroxylation is 1. The lowest BCUT2D eigenvalue weighted by Gasteiger charge is -2.36. The topological polar surface area (TPSA) is 122 Å². The van der Waals surface area contributed by atoms with Gasteiger partial charge in [-0.2, -0.15) is 0 Å². The van der Waals surface area contributed by atoms with Gasteiger partial charge in [0.05, 0.1) is 36.3 Å². The summed E-state index contributed by atoms with van der Waals surface area (Å²) in [4.78, 5) is 32.5. The highest BCUT2D eigenvalue weighted by Crippen LogP contribution is 2.39. The molecule has 204 valence electrons. The largest absolute Gasteiger partial charge is 0.495 e. The smallest absolute Gasteiger partial charge is 0.334 e. The molecule has 10 nitrogen and oxygen atoms in total. The lowest BCUT2D eigenvalue weighted by molar-refractivity contribution is -0.505. The van der Waals surface area contributed by atoms with Gasteiger partial charge >= 0.3 is 5.97 Å². The number of nitrogens with zero attached hydrogens (tertiary/aromatic N) is 4. The first-order valence-electron chi connectivity index (χ1n) is 13.1. The van der Waals surface area contributed by atoms with E-state index in [4.69, 9.17) is 9.15 Å². The predicted octanol–water partition coefficient (Wildman–Crippen LogP) is 4.39. The Hall–Kier alpha value is -3.66. The summed E-state index contributed by atoms with van der Waals surface area (Å²) in [5.74, 6) is -0.588. The normalized spacial score (nSPS) is 20.4. The SMILES string of the molecule is COc1ccccc1N1CCN(CCCCCc2occc2C2C(C(=O)O)=C(C)N=C(C)C2[N+](=O)[O-])CC1. The third-order valence-electron chi connectivity index (χ3n) is 7.54. The maximum atomic E-state index is 12.0. The number of anilines is 1. The van der Waals surface area contributed by atoms with Gasteiger partial charge in [0.1, 0.15) is 11.5 Å². The Kier molecular flexibility index (Phi) is 8.83. The van der Waals surface area contributed by atoms with Crippen molar-refractivity contribution in [3.63, 3.8) is 0 Å². The van der Waals surface area contributed by atoms with E-state index in [9.17, 15) is 20.0 Å². The average Bonchev–Trinajstić information content (AvgIpc) is 3.36. The number of benzene rings is 1. The minimum absolute atomic E-state index is 0.0350. The quantitative estimate of drug-likeness (QED) is 0.261. The molecule has 0 amide bonds. The summed E-state index contributed by atoms with van der Waals surface area (Å²) in [6, 6.07) is 8.56. The molecule has 38 heavy (non-hydrogen) atoms. The van der Waals surface area contributed by atoms with Crippen molar-refractivity contribution in [2.75, 3.05) is 44.7 Å². The standard InChI is InChI=1S/C28H36N4O6/c1-19-25(28(33)34)26(27(32(35)36)20(2)29-19)21-12-18-38-23(21)10-5-4-8-13-30-14-16-31(17-15-30)22-9-6-7-11-24(22)37-3/h6-7,9,11-12,18,26-27H,4-5,8,10,13-17H2,1-3H3,(H,33,34). The maximum Gasteiger partial charge on any atom is 0.334 e. The molecule has 0 saturated carbocycles. The number of furan rings is 1. The number of allylic oxidation sites excluding steroid dienone is 1. The van der Waals surface area contributed by atoms with Crippen LogP contribution >= 0.6 is 0 Å². The molecule has 1 aromatic carbocycles. The molecule has 2 aliphatic rings. The van der Waals surface area contributed by atoms with Crippen molar-refractivity contribution in [2.45, 2.75) is 51.5 Å². The first-order valence-corrected chi connectivity index (χ1v) is 13.1. The van der Waals surface area contributed by atoms with Crippen LogP contribution in [0.2, 0.25) is 0 Å². The number of hydrogen-bond acceptors (Lipinski definition) is 8. The minimum atomic E-state index is -1.23. The highest BCUT2D eigenvalue weighted by Gasteiger charge is 2.45. The van der Waals surface area contributed by atoms with Gasteiger partial charge in [-0.15, -0.1) is 0 Å². The van der Waals surface area contributed by atoms with E-state index in [-0.39, 0.29) is 5.57 Å². The predicted molar refractivity (Wildman–Crippen MR) is 145 cm³/mol. The zero-order valence-corrected chi connectivity index (χ0v) is 22.3. The number of carboxylic acid groups (broad SMARTS) is 1. The number of rotatable bonds is 11. The molecular weight excluding hydrogens is 488 g/mol. The lowest BCUT2D eigenvalue weighted by atomic mass is 9.80. The number of nitro groups is 1. The number of ether oxygens (including phenoxy) is 1. The zero-order valence-electron chi connectivity index (χ0n) is 22.3. The summed E-state index contributed by atoms with van der Waals surface area (Å²) in [6.45, 7) is 8.08. The van der Waals surface area contributed by atoms with Gasteiger partial charge in [0, 0.05) is 48.8 Å². The van der Waals surface area contributed by atoms with Crippen LogP contribution in [0.1, 0.15) is 50.4 Å². The fourth-order valence-corrected chi connectivity index (χ4v) is 5.63. The molecule has 1 aromatic heterocycles. The highest BCUT2D eigenvalue weighted by molar-refractivity contribution is 5.97. The molecule has 0 spiro atoms. The lowest BCUT2D eigenvalue weighted by Crippen LogP contribution is -2.46. The molecule has 0 radical (unpaired) electrons. The van der Waals surface area contributed by atoms with Crippen molar-refractivity contribution in [1.82, 2.24) is 4.90 Å². The van der Waals surface area contributed by atoms with Gasteiger partial charge in [0.25, 0.3) is 6.04 Å².